The number of benzene rings is 2. The maximum absolute atomic E-state index is 12.3. The second-order valence-corrected chi connectivity index (χ2v) is 18.2. The molecule has 2 aromatic carbocycles. The van der Waals surface area contributed by atoms with E-state index >= 15 is 0 Å². The van der Waals surface area contributed by atoms with Crippen molar-refractivity contribution in [2.75, 3.05) is 78.3 Å². The monoisotopic (exact) mass is 969 g/mol. The summed E-state index contributed by atoms with van der Waals surface area (Å²) in [5.41, 5.74) is 10.1. The van der Waals surface area contributed by atoms with Crippen molar-refractivity contribution in [1.29, 1.82) is 0 Å². The van der Waals surface area contributed by atoms with Gasteiger partial charge in [0.2, 0.25) is 5.91 Å². The molecule has 5 atom stereocenters. The van der Waals surface area contributed by atoms with E-state index in [0.29, 0.717) is 57.2 Å². The number of phosphoric ester groups is 1. The number of aliphatic hydroxyl groups excluding tert-OH is 1. The van der Waals surface area contributed by atoms with Crippen molar-refractivity contribution in [1.82, 2.24) is 19.9 Å². The quantitative estimate of drug-likeness (QED) is 0.0195. The summed E-state index contributed by atoms with van der Waals surface area (Å²) in [7, 11) is -16.8. The molecule has 0 radical (unpaired) electrons. The van der Waals surface area contributed by atoms with Crippen LogP contribution in [0.15, 0.2) is 67.1 Å². The van der Waals surface area contributed by atoms with Crippen molar-refractivity contribution in [2.45, 2.75) is 31.5 Å². The standard InChI is InChI=1S/C39H50N5O18P3/c40-38-37-32(24-44(39(37)43-28-42-38)36-23-33(45)34(60-36)26-59-64(50,51)62-65(52,53)61-63(47,48)49)7-4-14-41-35(46)27-58-22-20-56-18-16-54-15-17-55-19-21-57-25-31-12-10-30(11-13-31)9-8-29-5-2-1-3-6-29/h1-3,5-6,8-13,24,28,33-34,36,45H,14-23,25-27H2,(H,41,46)(H,50,51)(H,52,53)(H2,40,42,43)(H2,47,48,49)/b9-8+/t33-,34+,36+/m0/s1. The summed E-state index contributed by atoms with van der Waals surface area (Å²) >= 11 is 0. The number of aliphatic hydroxyl groups is 1. The fraction of sp³-hybridized carbons (Fsp3) is 0.410. The average Bonchev–Trinajstić information content (AvgIpc) is 3.82. The minimum absolute atomic E-state index is 0.0584. The number of phosphoric acid groups is 3. The van der Waals surface area contributed by atoms with Crippen LogP contribution in [0.5, 0.6) is 0 Å². The first-order valence-electron chi connectivity index (χ1n) is 19.8. The van der Waals surface area contributed by atoms with E-state index in [9.17, 15) is 33.4 Å². The number of nitrogens with one attached hydrogen (secondary N) is 1. The van der Waals surface area contributed by atoms with Crippen molar-refractivity contribution in [3.8, 4) is 11.8 Å². The summed E-state index contributed by atoms with van der Waals surface area (Å²) in [5.74, 6) is 5.34. The lowest BCUT2D eigenvalue weighted by atomic mass is 10.1. The number of anilines is 1. The van der Waals surface area contributed by atoms with Crippen LogP contribution in [0.3, 0.4) is 0 Å². The number of nitrogen functional groups attached to an aromatic ring is 1. The number of carbonyl (C=O) groups is 1. The molecule has 1 aliphatic heterocycles. The van der Waals surface area contributed by atoms with Crippen LogP contribution in [0.4, 0.5) is 5.82 Å². The molecule has 0 bridgehead atoms. The van der Waals surface area contributed by atoms with Crippen LogP contribution in [0, 0.1) is 11.8 Å². The molecule has 0 aliphatic carbocycles. The lowest BCUT2D eigenvalue weighted by Gasteiger charge is -2.19. The van der Waals surface area contributed by atoms with Crippen LogP contribution in [0.1, 0.15) is 34.9 Å². The van der Waals surface area contributed by atoms with E-state index in [1.165, 1.54) is 17.1 Å². The highest BCUT2D eigenvalue weighted by molar-refractivity contribution is 7.66. The van der Waals surface area contributed by atoms with Gasteiger partial charge in [0.15, 0.2) is 0 Å². The Morgan fingerprint density at radius 3 is 2.09 bits per heavy atom. The molecule has 1 fully saturated rings. The molecular formula is C39H50N5O18P3. The van der Waals surface area contributed by atoms with Crippen molar-refractivity contribution in [3.05, 3.63) is 89.4 Å². The van der Waals surface area contributed by atoms with E-state index < -0.39 is 54.4 Å². The molecule has 3 heterocycles. The number of nitrogens with zero attached hydrogens (tertiary/aromatic N) is 3. The normalized spacial score (nSPS) is 18.3. The molecule has 23 nitrogen and oxygen atoms in total. The van der Waals surface area contributed by atoms with E-state index in [-0.39, 0.29) is 44.3 Å². The first-order valence-corrected chi connectivity index (χ1v) is 24.3. The first kappa shape index (κ1) is 51.7. The predicted octanol–water partition coefficient (Wildman–Crippen LogP) is 2.93. The highest BCUT2D eigenvalue weighted by Gasteiger charge is 2.43. The molecule has 354 valence electrons. The van der Waals surface area contributed by atoms with E-state index in [2.05, 4.69) is 76.7 Å². The number of hydrogen-bond donors (Lipinski definition) is 7. The van der Waals surface area contributed by atoms with Crippen LogP contribution in [-0.2, 0) is 66.7 Å². The van der Waals surface area contributed by atoms with Crippen molar-refractivity contribution < 1.29 is 84.7 Å². The molecule has 1 saturated heterocycles. The van der Waals surface area contributed by atoms with Gasteiger partial charge in [0.05, 0.1) is 89.7 Å². The Bertz CT molecular complexity index is 2370. The third kappa shape index (κ3) is 18.5. The zero-order valence-electron chi connectivity index (χ0n) is 34.7. The maximum Gasteiger partial charge on any atom is 0.490 e. The summed E-state index contributed by atoms with van der Waals surface area (Å²) in [6.07, 6.45) is 3.20. The predicted molar refractivity (Wildman–Crippen MR) is 231 cm³/mol. The lowest BCUT2D eigenvalue weighted by molar-refractivity contribution is -0.126. The van der Waals surface area contributed by atoms with Crippen molar-refractivity contribution >= 4 is 58.4 Å². The van der Waals surface area contributed by atoms with E-state index in [1.54, 1.807) is 0 Å². The minimum atomic E-state index is -5.74. The van der Waals surface area contributed by atoms with E-state index in [4.69, 9.17) is 43.9 Å². The number of nitrogens with two attached hydrogens (primary N) is 1. The third-order valence-electron chi connectivity index (χ3n) is 8.81. The van der Waals surface area contributed by atoms with Crippen molar-refractivity contribution in [3.63, 3.8) is 0 Å². The Balaban J connectivity index is 0.900. The van der Waals surface area contributed by atoms with Crippen molar-refractivity contribution in [2.24, 2.45) is 0 Å². The summed E-state index contributed by atoms with van der Waals surface area (Å²) in [6.45, 7) is 2.21. The lowest BCUT2D eigenvalue weighted by Crippen LogP contribution is -2.28. The minimum Gasteiger partial charge on any atom is -0.390 e. The Kier molecular flexibility index (Phi) is 20.4. The van der Waals surface area contributed by atoms with E-state index in [0.717, 1.165) is 16.7 Å². The summed E-state index contributed by atoms with van der Waals surface area (Å²) in [4.78, 5) is 57.0. The Hall–Kier alpha value is -4.24. The van der Waals surface area contributed by atoms with Gasteiger partial charge >= 0.3 is 23.5 Å². The van der Waals surface area contributed by atoms with Crippen LogP contribution < -0.4 is 11.1 Å². The Labute approximate surface area is 373 Å². The third-order valence-corrected chi connectivity index (χ3v) is 12.6. The molecule has 1 amide bonds. The maximum atomic E-state index is 12.3. The van der Waals surface area contributed by atoms with Gasteiger partial charge in [0.25, 0.3) is 0 Å². The fourth-order valence-electron chi connectivity index (χ4n) is 5.88. The van der Waals surface area contributed by atoms with Crippen LogP contribution in [0.2, 0.25) is 0 Å². The molecule has 8 N–H and O–H groups in total. The molecular weight excluding hydrogens is 919 g/mol. The van der Waals surface area contributed by atoms with Crippen LogP contribution in [0.25, 0.3) is 23.2 Å². The van der Waals surface area contributed by atoms with E-state index in [1.807, 2.05) is 30.3 Å². The summed E-state index contributed by atoms with van der Waals surface area (Å²) in [5, 5.41) is 13.5. The summed E-state index contributed by atoms with van der Waals surface area (Å²) in [6, 6.07) is 18.3. The average molecular weight is 970 g/mol. The SMILES string of the molecule is Nc1ncnc2c1c(C#CCNC(=O)COCCOCCOCCOCCOCc1ccc(/C=C/c3ccccc3)cc1)cn2[C@H]1C[C@H](O)[C@@H](COP(=O)(O)OP(=O)(O)OP(=O)(O)O)O1. The molecule has 26 heteroatoms. The molecule has 65 heavy (non-hydrogen) atoms. The smallest absolute Gasteiger partial charge is 0.390 e. The molecule has 5 rings (SSSR count). The largest absolute Gasteiger partial charge is 0.490 e. The van der Waals surface area contributed by atoms with Gasteiger partial charge in [-0.2, -0.15) is 8.62 Å². The molecule has 1 aliphatic rings. The molecule has 2 unspecified atom stereocenters. The highest BCUT2D eigenvalue weighted by atomic mass is 31.3. The molecule has 2 aromatic heterocycles. The van der Waals surface area contributed by atoms with Gasteiger partial charge in [-0.15, -0.1) is 0 Å². The number of amides is 1. The number of rotatable bonds is 27. The van der Waals surface area contributed by atoms with Gasteiger partial charge in [-0.05, 0) is 16.7 Å². The zero-order valence-corrected chi connectivity index (χ0v) is 37.4. The van der Waals surface area contributed by atoms with Crippen LogP contribution in [-0.4, -0.2) is 130 Å². The van der Waals surface area contributed by atoms with Gasteiger partial charge < -0.3 is 68.7 Å². The molecule has 4 aromatic rings. The number of hydrogen-bond acceptors (Lipinski definition) is 17. The topological polar surface area (TPSA) is 321 Å². The van der Waals surface area contributed by atoms with Gasteiger partial charge in [0.1, 0.15) is 36.7 Å². The number of ether oxygens (including phenoxy) is 6. The van der Waals surface area contributed by atoms with Gasteiger partial charge in [-0.1, -0.05) is 78.6 Å². The number of carbonyl (C=O) groups excluding carboxylic acids is 1. The first-order chi connectivity index (χ1) is 31.1. The molecule has 0 saturated carbocycles. The summed E-state index contributed by atoms with van der Waals surface area (Å²) < 4.78 is 81.4. The van der Waals surface area contributed by atoms with Gasteiger partial charge in [0, 0.05) is 12.6 Å². The fourth-order valence-corrected chi connectivity index (χ4v) is 8.91. The van der Waals surface area contributed by atoms with Gasteiger partial charge in [-0.25, -0.2) is 23.7 Å². The highest BCUT2D eigenvalue weighted by Crippen LogP contribution is 2.66. The second kappa shape index (κ2) is 25.6. The Morgan fingerprint density at radius 2 is 1.45 bits per heavy atom. The van der Waals surface area contributed by atoms with Gasteiger partial charge in [-0.3, -0.25) is 9.32 Å². The second-order valence-electron chi connectivity index (χ2n) is 13.7. The zero-order chi connectivity index (χ0) is 46.7. The molecule has 0 spiro atoms. The number of aromatic nitrogens is 3. The number of fused-ring (bicyclic) bond motifs is 1. The van der Waals surface area contributed by atoms with Crippen LogP contribution >= 0.6 is 23.5 Å². The Morgan fingerprint density at radius 1 is 0.831 bits per heavy atom.